The number of nitrogens with zero attached hydrogens (tertiary/aromatic N) is 1. The van der Waals surface area contributed by atoms with Crippen molar-refractivity contribution in [2.45, 2.75) is 11.3 Å². The molecule has 0 saturated heterocycles. The van der Waals surface area contributed by atoms with E-state index in [1.54, 1.807) is 0 Å². The summed E-state index contributed by atoms with van der Waals surface area (Å²) >= 11 is 0. The molecular formula is C14H17ClFN3O3S. The maximum atomic E-state index is 13.7. The third-order valence-corrected chi connectivity index (χ3v) is 5.72. The highest BCUT2D eigenvalue weighted by Crippen LogP contribution is 2.27. The van der Waals surface area contributed by atoms with Gasteiger partial charge in [0.15, 0.2) is 0 Å². The average Bonchev–Trinajstić information content (AvgIpc) is 3.01. The molecular weight excluding hydrogens is 345 g/mol. The molecule has 0 aromatic heterocycles. The number of amides is 1. The lowest BCUT2D eigenvalue weighted by atomic mass is 10.1. The third kappa shape index (κ3) is 3.40. The van der Waals surface area contributed by atoms with Crippen LogP contribution in [0.1, 0.15) is 5.56 Å². The molecule has 2 aliphatic heterocycles. The number of carbonyl (C=O) groups excluding carboxylic acids is 1. The molecule has 3 rings (SSSR count). The monoisotopic (exact) mass is 361 g/mol. The van der Waals surface area contributed by atoms with Crippen molar-refractivity contribution in [3.63, 3.8) is 0 Å². The van der Waals surface area contributed by atoms with Gasteiger partial charge in [0.25, 0.3) is 0 Å². The number of nitrogens with one attached hydrogen (secondary N) is 1. The van der Waals surface area contributed by atoms with Crippen LogP contribution in [0.25, 0.3) is 0 Å². The fourth-order valence-corrected chi connectivity index (χ4v) is 4.27. The van der Waals surface area contributed by atoms with Crippen LogP contribution in [0.5, 0.6) is 0 Å². The molecule has 0 spiro atoms. The highest BCUT2D eigenvalue weighted by molar-refractivity contribution is 7.89. The first-order chi connectivity index (χ1) is 10.4. The van der Waals surface area contributed by atoms with Crippen molar-refractivity contribution in [2.75, 3.05) is 26.2 Å². The number of benzene rings is 1. The summed E-state index contributed by atoms with van der Waals surface area (Å²) in [6.45, 7) is 2.12. The van der Waals surface area contributed by atoms with Gasteiger partial charge in [-0.05, 0) is 34.9 Å². The van der Waals surface area contributed by atoms with Gasteiger partial charge in [-0.25, -0.2) is 12.8 Å². The molecule has 0 bridgehead atoms. The van der Waals surface area contributed by atoms with E-state index >= 15 is 0 Å². The number of hydrogen-bond donors (Lipinski definition) is 2. The van der Waals surface area contributed by atoms with Gasteiger partial charge in [-0.1, -0.05) is 0 Å². The summed E-state index contributed by atoms with van der Waals surface area (Å²) < 4.78 is 40.3. The Labute approximate surface area is 140 Å². The molecule has 3 N–H and O–H groups in total. The minimum Gasteiger partial charge on any atom is -0.369 e. The molecule has 1 amide bonds. The zero-order valence-electron chi connectivity index (χ0n) is 12.2. The third-order valence-electron chi connectivity index (χ3n) is 3.93. The van der Waals surface area contributed by atoms with Gasteiger partial charge in [0, 0.05) is 26.2 Å². The minimum absolute atomic E-state index is 0. The molecule has 2 heterocycles. The van der Waals surface area contributed by atoms with Gasteiger partial charge in [-0.15, -0.1) is 12.4 Å². The van der Waals surface area contributed by atoms with E-state index in [0.29, 0.717) is 26.2 Å². The number of primary amides is 1. The SMILES string of the molecule is Cl.NC(=O)Cc1cc(S(=O)(=O)N2CC3=C(CNC3)C2)ccc1F. The second kappa shape index (κ2) is 6.56. The van der Waals surface area contributed by atoms with Crippen LogP contribution in [-0.4, -0.2) is 44.8 Å². The van der Waals surface area contributed by atoms with Crippen LogP contribution < -0.4 is 11.1 Å². The minimum atomic E-state index is -3.71. The zero-order valence-corrected chi connectivity index (χ0v) is 13.8. The van der Waals surface area contributed by atoms with Crippen LogP contribution in [-0.2, 0) is 21.2 Å². The van der Waals surface area contributed by atoms with Crippen LogP contribution in [0.3, 0.4) is 0 Å². The lowest BCUT2D eigenvalue weighted by molar-refractivity contribution is -0.117. The van der Waals surface area contributed by atoms with Gasteiger partial charge < -0.3 is 11.1 Å². The van der Waals surface area contributed by atoms with E-state index in [1.165, 1.54) is 16.4 Å². The van der Waals surface area contributed by atoms with Crippen LogP contribution in [0.2, 0.25) is 0 Å². The Morgan fingerprint density at radius 2 is 1.87 bits per heavy atom. The highest BCUT2D eigenvalue weighted by atomic mass is 35.5. The summed E-state index contributed by atoms with van der Waals surface area (Å²) in [6, 6.07) is 3.47. The molecule has 0 saturated carbocycles. The lowest BCUT2D eigenvalue weighted by Crippen LogP contribution is -2.32. The van der Waals surface area contributed by atoms with Crippen molar-refractivity contribution < 1.29 is 17.6 Å². The number of carbonyl (C=O) groups is 1. The van der Waals surface area contributed by atoms with Gasteiger partial charge in [-0.3, -0.25) is 4.79 Å². The topological polar surface area (TPSA) is 92.5 Å². The number of nitrogens with two attached hydrogens (primary N) is 1. The second-order valence-electron chi connectivity index (χ2n) is 5.48. The number of sulfonamides is 1. The summed E-state index contributed by atoms with van der Waals surface area (Å²) in [7, 11) is -3.71. The molecule has 0 radical (unpaired) electrons. The predicted octanol–water partition coefficient (Wildman–Crippen LogP) is 0.179. The van der Waals surface area contributed by atoms with Crippen LogP contribution in [0, 0.1) is 5.82 Å². The summed E-state index contributed by atoms with van der Waals surface area (Å²) in [4.78, 5) is 10.9. The number of halogens is 2. The largest absolute Gasteiger partial charge is 0.369 e. The quantitative estimate of drug-likeness (QED) is 0.748. The Hall–Kier alpha value is -1.48. The van der Waals surface area contributed by atoms with Crippen LogP contribution in [0.4, 0.5) is 4.39 Å². The fraction of sp³-hybridized carbons (Fsp3) is 0.357. The molecule has 23 heavy (non-hydrogen) atoms. The molecule has 2 aliphatic rings. The molecule has 126 valence electrons. The van der Waals surface area contributed by atoms with E-state index in [9.17, 15) is 17.6 Å². The predicted molar refractivity (Wildman–Crippen MR) is 85.2 cm³/mol. The van der Waals surface area contributed by atoms with Gasteiger partial charge in [0.2, 0.25) is 15.9 Å². The summed E-state index contributed by atoms with van der Waals surface area (Å²) in [5, 5.41) is 3.18. The van der Waals surface area contributed by atoms with Gasteiger partial charge in [0.05, 0.1) is 11.3 Å². The Balaban J connectivity index is 0.00000192. The van der Waals surface area contributed by atoms with E-state index < -0.39 is 21.7 Å². The lowest BCUT2D eigenvalue weighted by Gasteiger charge is -2.18. The van der Waals surface area contributed by atoms with Gasteiger partial charge in [-0.2, -0.15) is 4.31 Å². The summed E-state index contributed by atoms with van der Waals surface area (Å²) in [5.74, 6) is -1.34. The Kier molecular flexibility index (Phi) is 5.10. The maximum absolute atomic E-state index is 13.7. The summed E-state index contributed by atoms with van der Waals surface area (Å²) in [5.41, 5.74) is 7.25. The molecule has 0 aliphatic carbocycles. The summed E-state index contributed by atoms with van der Waals surface area (Å²) in [6.07, 6.45) is -0.326. The van der Waals surface area contributed by atoms with Crippen molar-refractivity contribution in [1.82, 2.24) is 9.62 Å². The van der Waals surface area contributed by atoms with Crippen LogP contribution in [0.15, 0.2) is 34.2 Å². The van der Waals surface area contributed by atoms with Crippen molar-refractivity contribution in [3.8, 4) is 0 Å². The molecule has 0 fully saturated rings. The Bertz CT molecular complexity index is 763. The van der Waals surface area contributed by atoms with Crippen molar-refractivity contribution >= 4 is 28.3 Å². The first-order valence-corrected chi connectivity index (χ1v) is 8.29. The zero-order chi connectivity index (χ0) is 15.9. The molecule has 0 unspecified atom stereocenters. The molecule has 6 nitrogen and oxygen atoms in total. The van der Waals surface area contributed by atoms with Gasteiger partial charge >= 0.3 is 0 Å². The maximum Gasteiger partial charge on any atom is 0.243 e. The van der Waals surface area contributed by atoms with Crippen molar-refractivity contribution in [3.05, 3.63) is 40.7 Å². The number of rotatable bonds is 4. The van der Waals surface area contributed by atoms with E-state index in [2.05, 4.69) is 5.32 Å². The molecule has 0 atom stereocenters. The van der Waals surface area contributed by atoms with E-state index in [1.807, 2.05) is 0 Å². The van der Waals surface area contributed by atoms with Crippen molar-refractivity contribution in [1.29, 1.82) is 0 Å². The number of hydrogen-bond acceptors (Lipinski definition) is 4. The van der Waals surface area contributed by atoms with E-state index in [0.717, 1.165) is 17.2 Å². The Morgan fingerprint density at radius 1 is 1.26 bits per heavy atom. The fourth-order valence-electron chi connectivity index (χ4n) is 2.79. The normalized spacial score (nSPS) is 18.0. The molecule has 1 aromatic rings. The highest BCUT2D eigenvalue weighted by Gasteiger charge is 2.34. The van der Waals surface area contributed by atoms with Crippen molar-refractivity contribution in [2.24, 2.45) is 5.73 Å². The molecule has 1 aromatic carbocycles. The second-order valence-corrected chi connectivity index (χ2v) is 7.42. The van der Waals surface area contributed by atoms with E-state index in [4.69, 9.17) is 5.73 Å². The smallest absolute Gasteiger partial charge is 0.243 e. The molecule has 9 heteroatoms. The first kappa shape index (κ1) is 17.9. The van der Waals surface area contributed by atoms with Gasteiger partial charge in [0.1, 0.15) is 5.82 Å². The standard InChI is InChI=1S/C14H16FN3O3S.ClH/c15-13-2-1-12(3-9(13)4-14(16)19)22(20,21)18-7-10-5-17-6-11(10)8-18;/h1-3,17H,4-8H2,(H2,16,19);1H. The van der Waals surface area contributed by atoms with E-state index in [-0.39, 0.29) is 29.3 Å². The average molecular weight is 362 g/mol. The first-order valence-electron chi connectivity index (χ1n) is 6.85. The Morgan fingerprint density at radius 3 is 2.43 bits per heavy atom. The van der Waals surface area contributed by atoms with Crippen LogP contribution >= 0.6 is 12.4 Å².